The molecule has 6 heteroatoms. The number of carbonyl (C=O) groups excluding carboxylic acids is 1. The van der Waals surface area contributed by atoms with Gasteiger partial charge in [0, 0.05) is 38.1 Å². The van der Waals surface area contributed by atoms with Crippen LogP contribution < -0.4 is 4.90 Å². The third kappa shape index (κ3) is 5.59. The van der Waals surface area contributed by atoms with Crippen molar-refractivity contribution in [3.05, 3.63) is 83.4 Å². The first-order valence-electron chi connectivity index (χ1n) is 10.7. The monoisotopic (exact) mass is 415 g/mol. The van der Waals surface area contributed by atoms with Gasteiger partial charge in [-0.1, -0.05) is 38.1 Å². The number of carbonyl (C=O) groups is 1. The highest BCUT2D eigenvalue weighted by molar-refractivity contribution is 5.95. The number of amides is 1. The van der Waals surface area contributed by atoms with Crippen molar-refractivity contribution < 1.29 is 4.79 Å². The molecule has 31 heavy (non-hydrogen) atoms. The Morgan fingerprint density at radius 3 is 2.52 bits per heavy atom. The van der Waals surface area contributed by atoms with E-state index in [9.17, 15) is 4.79 Å². The van der Waals surface area contributed by atoms with Gasteiger partial charge in [-0.2, -0.15) is 5.26 Å². The largest absolute Gasteiger partial charge is 0.329 e. The number of benzene rings is 2. The molecule has 1 aliphatic heterocycles. The van der Waals surface area contributed by atoms with Gasteiger partial charge in [0.25, 0.3) is 0 Å². The zero-order valence-corrected chi connectivity index (χ0v) is 18.5. The summed E-state index contributed by atoms with van der Waals surface area (Å²) in [5.41, 5.74) is 4.98. The van der Waals surface area contributed by atoms with Gasteiger partial charge in [0.2, 0.25) is 5.91 Å². The first-order chi connectivity index (χ1) is 15.1. The summed E-state index contributed by atoms with van der Waals surface area (Å²) in [6.45, 7) is 9.32. The minimum Gasteiger partial charge on any atom is -0.329 e. The van der Waals surface area contributed by atoms with E-state index in [0.717, 1.165) is 29.1 Å². The molecular weight excluding hydrogens is 386 g/mol. The maximum atomic E-state index is 12.7. The predicted molar refractivity (Wildman–Crippen MR) is 123 cm³/mol. The van der Waals surface area contributed by atoms with Crippen molar-refractivity contribution in [2.75, 3.05) is 24.5 Å². The molecule has 1 fully saturated rings. The zero-order chi connectivity index (χ0) is 22.2. The second-order valence-corrected chi connectivity index (χ2v) is 7.42. The molecule has 2 heterocycles. The SMILES string of the molecule is CC.Cc1cccc(N2CCN(Cc3cncn3Cc3ccc(C#N)cc3)CC2=O)c1. The molecular formula is C25H29N5O. The number of nitrogens with zero attached hydrogens (tertiary/aromatic N) is 5. The number of aryl methyl sites for hydroxylation is 1. The topological polar surface area (TPSA) is 65.2 Å². The molecule has 0 saturated carbocycles. The van der Waals surface area contributed by atoms with E-state index >= 15 is 0 Å². The summed E-state index contributed by atoms with van der Waals surface area (Å²) >= 11 is 0. The smallest absolute Gasteiger partial charge is 0.241 e. The average molecular weight is 416 g/mol. The molecule has 160 valence electrons. The van der Waals surface area contributed by atoms with Gasteiger partial charge in [-0.15, -0.1) is 0 Å². The van der Waals surface area contributed by atoms with Crippen LogP contribution in [-0.2, 0) is 17.9 Å². The van der Waals surface area contributed by atoms with Crippen LogP contribution in [0.15, 0.2) is 61.1 Å². The molecule has 0 atom stereocenters. The number of anilines is 1. The Labute approximate surface area is 184 Å². The molecule has 0 unspecified atom stereocenters. The summed E-state index contributed by atoms with van der Waals surface area (Å²) in [7, 11) is 0. The van der Waals surface area contributed by atoms with Crippen LogP contribution in [0, 0.1) is 18.3 Å². The predicted octanol–water partition coefficient (Wildman–Crippen LogP) is 3.99. The summed E-state index contributed by atoms with van der Waals surface area (Å²) in [4.78, 5) is 21.1. The van der Waals surface area contributed by atoms with Crippen molar-refractivity contribution in [1.29, 1.82) is 5.26 Å². The second-order valence-electron chi connectivity index (χ2n) is 7.42. The van der Waals surface area contributed by atoms with Gasteiger partial charge in [-0.05, 0) is 42.3 Å². The number of imidazole rings is 1. The van der Waals surface area contributed by atoms with E-state index in [0.29, 0.717) is 31.7 Å². The molecule has 6 nitrogen and oxygen atoms in total. The third-order valence-electron chi connectivity index (χ3n) is 5.23. The molecule has 1 amide bonds. The normalized spacial score (nSPS) is 14.0. The Balaban J connectivity index is 0.00000132. The van der Waals surface area contributed by atoms with E-state index in [4.69, 9.17) is 5.26 Å². The first-order valence-corrected chi connectivity index (χ1v) is 10.7. The maximum absolute atomic E-state index is 12.7. The summed E-state index contributed by atoms with van der Waals surface area (Å²) in [5, 5.41) is 8.94. The Kier molecular flexibility index (Phi) is 7.58. The molecule has 4 rings (SSSR count). The van der Waals surface area contributed by atoms with Crippen molar-refractivity contribution in [3.8, 4) is 6.07 Å². The molecule has 0 radical (unpaired) electrons. The number of hydrogen-bond acceptors (Lipinski definition) is 4. The van der Waals surface area contributed by atoms with Gasteiger partial charge >= 0.3 is 0 Å². The maximum Gasteiger partial charge on any atom is 0.241 e. The highest BCUT2D eigenvalue weighted by Gasteiger charge is 2.25. The Bertz CT molecular complexity index is 1050. The Hall–Kier alpha value is -3.43. The molecule has 0 bridgehead atoms. The summed E-state index contributed by atoms with van der Waals surface area (Å²) in [6.07, 6.45) is 3.68. The lowest BCUT2D eigenvalue weighted by molar-refractivity contribution is -0.121. The summed E-state index contributed by atoms with van der Waals surface area (Å²) in [5.74, 6) is 0.125. The van der Waals surface area contributed by atoms with Crippen molar-refractivity contribution >= 4 is 11.6 Å². The molecule has 1 aromatic heterocycles. The summed E-state index contributed by atoms with van der Waals surface area (Å²) < 4.78 is 2.10. The minimum atomic E-state index is 0.125. The lowest BCUT2D eigenvalue weighted by atomic mass is 10.1. The van der Waals surface area contributed by atoms with Gasteiger partial charge in [-0.25, -0.2) is 4.98 Å². The minimum absolute atomic E-state index is 0.125. The standard InChI is InChI=1S/C23H23N5O.C2H6/c1-18-3-2-4-21(11-18)28-10-9-26(16-23(28)29)15-22-13-25-17-27(22)14-20-7-5-19(12-24)6-8-20;1-2/h2-8,11,13,17H,9-10,14-16H2,1H3;1-2H3. The molecule has 3 aromatic rings. The number of aromatic nitrogens is 2. The number of nitriles is 1. The van der Waals surface area contributed by atoms with Crippen LogP contribution in [0.1, 0.15) is 36.2 Å². The molecule has 2 aromatic carbocycles. The number of rotatable bonds is 5. The second kappa shape index (κ2) is 10.6. The van der Waals surface area contributed by atoms with E-state index in [-0.39, 0.29) is 5.91 Å². The van der Waals surface area contributed by atoms with Crippen molar-refractivity contribution in [3.63, 3.8) is 0 Å². The van der Waals surface area contributed by atoms with Gasteiger partial charge < -0.3 is 9.47 Å². The average Bonchev–Trinajstić information content (AvgIpc) is 3.22. The summed E-state index contributed by atoms with van der Waals surface area (Å²) in [6, 6.07) is 17.8. The molecule has 0 N–H and O–H groups in total. The van der Waals surface area contributed by atoms with Crippen LogP contribution in [0.25, 0.3) is 0 Å². The van der Waals surface area contributed by atoms with Gasteiger partial charge in [0.15, 0.2) is 0 Å². The zero-order valence-electron chi connectivity index (χ0n) is 18.5. The fourth-order valence-electron chi connectivity index (χ4n) is 3.66. The Morgan fingerprint density at radius 2 is 1.84 bits per heavy atom. The van der Waals surface area contributed by atoms with Crippen LogP contribution in [0.4, 0.5) is 5.69 Å². The van der Waals surface area contributed by atoms with Crippen LogP contribution in [0.2, 0.25) is 0 Å². The molecule has 1 saturated heterocycles. The van der Waals surface area contributed by atoms with Gasteiger partial charge in [0.1, 0.15) is 0 Å². The van der Waals surface area contributed by atoms with Gasteiger partial charge in [-0.3, -0.25) is 9.69 Å². The fourth-order valence-corrected chi connectivity index (χ4v) is 3.66. The lowest BCUT2D eigenvalue weighted by Crippen LogP contribution is -2.50. The van der Waals surface area contributed by atoms with Crippen molar-refractivity contribution in [1.82, 2.24) is 14.5 Å². The highest BCUT2D eigenvalue weighted by atomic mass is 16.2. The van der Waals surface area contributed by atoms with Crippen molar-refractivity contribution in [2.24, 2.45) is 0 Å². The Morgan fingerprint density at radius 1 is 1.06 bits per heavy atom. The van der Waals surface area contributed by atoms with E-state index in [1.807, 2.05) is 80.7 Å². The molecule has 1 aliphatic rings. The van der Waals surface area contributed by atoms with Crippen LogP contribution in [-0.4, -0.2) is 40.0 Å². The quantitative estimate of drug-likeness (QED) is 0.632. The number of hydrogen-bond donors (Lipinski definition) is 0. The molecule has 0 aliphatic carbocycles. The first kappa shape index (κ1) is 22.3. The van der Waals surface area contributed by atoms with Crippen LogP contribution in [0.3, 0.4) is 0 Å². The van der Waals surface area contributed by atoms with E-state index in [2.05, 4.69) is 26.6 Å². The van der Waals surface area contributed by atoms with E-state index in [1.54, 1.807) is 0 Å². The van der Waals surface area contributed by atoms with Crippen molar-refractivity contribution in [2.45, 2.75) is 33.9 Å². The highest BCUT2D eigenvalue weighted by Crippen LogP contribution is 2.20. The number of piperazine rings is 1. The molecule has 0 spiro atoms. The van der Waals surface area contributed by atoms with Crippen LogP contribution >= 0.6 is 0 Å². The van der Waals surface area contributed by atoms with E-state index in [1.165, 1.54) is 0 Å². The van der Waals surface area contributed by atoms with Gasteiger partial charge in [0.05, 0.1) is 30.2 Å². The van der Waals surface area contributed by atoms with Crippen LogP contribution in [0.5, 0.6) is 0 Å². The third-order valence-corrected chi connectivity index (χ3v) is 5.23. The lowest BCUT2D eigenvalue weighted by Gasteiger charge is -2.34. The van der Waals surface area contributed by atoms with E-state index < -0.39 is 0 Å². The fraction of sp³-hybridized carbons (Fsp3) is 0.320.